The van der Waals surface area contributed by atoms with Crippen molar-refractivity contribution in [3.05, 3.63) is 47.2 Å². The van der Waals surface area contributed by atoms with Crippen LogP contribution in [0.3, 0.4) is 0 Å². The molecular weight excluding hydrogens is 385 g/mol. The molecule has 1 aliphatic heterocycles. The van der Waals surface area contributed by atoms with Crippen LogP contribution in [0.2, 0.25) is 0 Å². The lowest BCUT2D eigenvalue weighted by Gasteiger charge is -2.28. The number of carbonyl (C=O) groups is 1. The van der Waals surface area contributed by atoms with Crippen molar-refractivity contribution >= 4 is 5.97 Å². The molecule has 4 nitrogen and oxygen atoms in total. The number of ether oxygens (including phenoxy) is 2. The highest BCUT2D eigenvalue weighted by Gasteiger charge is 2.36. The zero-order chi connectivity index (χ0) is 20.5. The van der Waals surface area contributed by atoms with Gasteiger partial charge in [-0.05, 0) is 43.5 Å². The van der Waals surface area contributed by atoms with E-state index in [9.17, 15) is 26.7 Å². The highest BCUT2D eigenvalue weighted by atomic mass is 19.4. The van der Waals surface area contributed by atoms with E-state index in [4.69, 9.17) is 9.47 Å². The minimum absolute atomic E-state index is 0.0107. The molecule has 9 heteroatoms. The summed E-state index contributed by atoms with van der Waals surface area (Å²) in [5.74, 6) is -2.66. The molecule has 1 aromatic heterocycles. The molecule has 1 aliphatic rings. The first-order valence-electron chi connectivity index (χ1n) is 8.57. The number of rotatable bonds is 4. The number of nitrogens with zero attached hydrogens (tertiary/aromatic N) is 1. The summed E-state index contributed by atoms with van der Waals surface area (Å²) >= 11 is 0. The molecule has 1 aromatic carbocycles. The van der Waals surface area contributed by atoms with Gasteiger partial charge in [-0.25, -0.2) is 18.6 Å². The number of aromatic nitrogens is 1. The Hall–Kier alpha value is -2.71. The van der Waals surface area contributed by atoms with E-state index >= 15 is 0 Å². The largest absolute Gasteiger partial charge is 0.474 e. The third kappa shape index (κ3) is 4.40. The van der Waals surface area contributed by atoms with Gasteiger partial charge in [0.2, 0.25) is 5.88 Å². The Balaban J connectivity index is 2.08. The van der Waals surface area contributed by atoms with Crippen LogP contribution in [0.4, 0.5) is 22.0 Å². The van der Waals surface area contributed by atoms with Crippen LogP contribution in [-0.4, -0.2) is 29.8 Å². The van der Waals surface area contributed by atoms with Gasteiger partial charge in [0, 0.05) is 17.2 Å². The Morgan fingerprint density at radius 3 is 2.64 bits per heavy atom. The second kappa shape index (κ2) is 7.73. The fourth-order valence-electron chi connectivity index (χ4n) is 3.07. The SMILES string of the molecule is CCOC(=O)c1cc(-c2ccc(F)cc2F)c2c(n1)OC(CC(F)(F)F)CC2. The predicted octanol–water partition coefficient (Wildman–Crippen LogP) is 4.85. The summed E-state index contributed by atoms with van der Waals surface area (Å²) in [7, 11) is 0. The summed E-state index contributed by atoms with van der Waals surface area (Å²) in [5, 5.41) is 0. The molecule has 0 radical (unpaired) electrons. The molecule has 2 heterocycles. The quantitative estimate of drug-likeness (QED) is 0.543. The average molecular weight is 401 g/mol. The van der Waals surface area contributed by atoms with Crippen molar-refractivity contribution in [2.75, 3.05) is 6.61 Å². The van der Waals surface area contributed by atoms with E-state index in [2.05, 4.69) is 4.98 Å². The molecule has 0 saturated heterocycles. The maximum absolute atomic E-state index is 14.3. The summed E-state index contributed by atoms with van der Waals surface area (Å²) in [6, 6.07) is 4.20. The second-order valence-electron chi connectivity index (χ2n) is 6.28. The molecule has 1 atom stereocenters. The first-order valence-corrected chi connectivity index (χ1v) is 8.57. The Morgan fingerprint density at radius 2 is 2.00 bits per heavy atom. The topological polar surface area (TPSA) is 48.4 Å². The van der Waals surface area contributed by atoms with Crippen LogP contribution in [0.1, 0.15) is 35.8 Å². The Labute approximate surface area is 157 Å². The predicted molar refractivity (Wildman–Crippen MR) is 89.0 cm³/mol. The highest BCUT2D eigenvalue weighted by Crippen LogP contribution is 2.38. The van der Waals surface area contributed by atoms with Gasteiger partial charge in [0.15, 0.2) is 5.69 Å². The first kappa shape index (κ1) is 20.0. The van der Waals surface area contributed by atoms with E-state index in [-0.39, 0.29) is 42.1 Å². The molecule has 0 amide bonds. The van der Waals surface area contributed by atoms with Crippen molar-refractivity contribution in [3.8, 4) is 17.0 Å². The highest BCUT2D eigenvalue weighted by molar-refractivity contribution is 5.90. The van der Waals surface area contributed by atoms with Crippen LogP contribution in [0.5, 0.6) is 5.88 Å². The maximum Gasteiger partial charge on any atom is 0.392 e. The van der Waals surface area contributed by atoms with Crippen LogP contribution in [0, 0.1) is 11.6 Å². The summed E-state index contributed by atoms with van der Waals surface area (Å²) in [6.45, 7) is 1.63. The third-order valence-electron chi connectivity index (χ3n) is 4.25. The number of halogens is 5. The fraction of sp³-hybridized carbons (Fsp3) is 0.368. The van der Waals surface area contributed by atoms with Gasteiger partial charge >= 0.3 is 12.1 Å². The second-order valence-corrected chi connectivity index (χ2v) is 6.28. The van der Waals surface area contributed by atoms with Crippen LogP contribution < -0.4 is 4.74 Å². The van der Waals surface area contributed by atoms with E-state index in [1.807, 2.05) is 0 Å². The van der Waals surface area contributed by atoms with Gasteiger partial charge in [-0.1, -0.05) is 0 Å². The van der Waals surface area contributed by atoms with Gasteiger partial charge in [-0.3, -0.25) is 0 Å². The minimum Gasteiger partial charge on any atom is -0.474 e. The Morgan fingerprint density at radius 1 is 1.25 bits per heavy atom. The summed E-state index contributed by atoms with van der Waals surface area (Å²) in [6.07, 6.45) is -6.57. The smallest absolute Gasteiger partial charge is 0.392 e. The molecule has 1 unspecified atom stereocenters. The molecule has 0 N–H and O–H groups in total. The maximum atomic E-state index is 14.3. The first-order chi connectivity index (χ1) is 13.2. The minimum atomic E-state index is -4.42. The third-order valence-corrected chi connectivity index (χ3v) is 4.25. The molecular formula is C19H16F5NO3. The lowest BCUT2D eigenvalue weighted by Crippen LogP contribution is -2.30. The number of carbonyl (C=O) groups excluding carboxylic acids is 1. The molecule has 150 valence electrons. The molecule has 0 fully saturated rings. The number of benzene rings is 1. The van der Waals surface area contributed by atoms with Crippen molar-refractivity contribution in [1.29, 1.82) is 0 Å². The van der Waals surface area contributed by atoms with Crippen LogP contribution in [0.15, 0.2) is 24.3 Å². The number of pyridine rings is 1. The van der Waals surface area contributed by atoms with Gasteiger partial charge < -0.3 is 9.47 Å². The zero-order valence-electron chi connectivity index (χ0n) is 14.8. The number of hydrogen-bond acceptors (Lipinski definition) is 4. The summed E-state index contributed by atoms with van der Waals surface area (Å²) in [4.78, 5) is 16.1. The average Bonchev–Trinajstić information content (AvgIpc) is 2.59. The monoisotopic (exact) mass is 401 g/mol. The van der Waals surface area contributed by atoms with E-state index in [1.54, 1.807) is 6.92 Å². The molecule has 28 heavy (non-hydrogen) atoms. The summed E-state index contributed by atoms with van der Waals surface area (Å²) in [5.41, 5.74) is 0.323. The number of alkyl halides is 3. The van der Waals surface area contributed by atoms with Gasteiger partial charge in [-0.2, -0.15) is 13.2 Å². The van der Waals surface area contributed by atoms with Gasteiger partial charge in [0.05, 0.1) is 13.0 Å². The summed E-state index contributed by atoms with van der Waals surface area (Å²) < 4.78 is 75.9. The molecule has 0 aliphatic carbocycles. The van der Waals surface area contributed by atoms with Gasteiger partial charge in [0.1, 0.15) is 17.7 Å². The van der Waals surface area contributed by atoms with Crippen LogP contribution in [-0.2, 0) is 11.2 Å². The molecule has 0 bridgehead atoms. The van der Waals surface area contributed by atoms with E-state index in [0.717, 1.165) is 6.07 Å². The van der Waals surface area contributed by atoms with Gasteiger partial charge in [-0.15, -0.1) is 0 Å². The number of fused-ring (bicyclic) bond motifs is 1. The zero-order valence-corrected chi connectivity index (χ0v) is 14.8. The van der Waals surface area contributed by atoms with Crippen molar-refractivity contribution in [2.24, 2.45) is 0 Å². The number of hydrogen-bond donors (Lipinski definition) is 0. The Bertz CT molecular complexity index is 898. The van der Waals surface area contributed by atoms with Gasteiger partial charge in [0.25, 0.3) is 0 Å². The number of esters is 1. The van der Waals surface area contributed by atoms with Crippen molar-refractivity contribution in [2.45, 2.75) is 38.5 Å². The van der Waals surface area contributed by atoms with Crippen molar-refractivity contribution in [1.82, 2.24) is 4.98 Å². The Kier molecular flexibility index (Phi) is 5.53. The van der Waals surface area contributed by atoms with Crippen LogP contribution >= 0.6 is 0 Å². The molecule has 0 saturated carbocycles. The van der Waals surface area contributed by atoms with E-state index in [0.29, 0.717) is 11.6 Å². The standard InChI is InChI=1S/C19H16F5NO3/c1-2-27-18(26)16-8-14(12-5-3-10(20)7-15(12)21)13-6-4-11(9-19(22,23)24)28-17(13)25-16/h3,5,7-8,11H,2,4,6,9H2,1H3. The lowest BCUT2D eigenvalue weighted by atomic mass is 9.93. The molecule has 3 rings (SSSR count). The fourth-order valence-corrected chi connectivity index (χ4v) is 3.07. The lowest BCUT2D eigenvalue weighted by molar-refractivity contribution is -0.152. The van der Waals surface area contributed by atoms with Crippen molar-refractivity contribution < 1.29 is 36.2 Å². The molecule has 2 aromatic rings. The normalized spacial score (nSPS) is 16.3. The van der Waals surface area contributed by atoms with E-state index in [1.165, 1.54) is 12.1 Å². The van der Waals surface area contributed by atoms with Crippen molar-refractivity contribution in [3.63, 3.8) is 0 Å². The van der Waals surface area contributed by atoms with Crippen LogP contribution in [0.25, 0.3) is 11.1 Å². The molecule has 0 spiro atoms. The van der Waals surface area contributed by atoms with E-state index < -0.39 is 36.3 Å².